The molecule has 0 spiro atoms. The Kier molecular flexibility index (Phi) is 2.78. The molecule has 4 heteroatoms. The Morgan fingerprint density at radius 1 is 1.05 bits per heavy atom. The fourth-order valence-corrected chi connectivity index (χ4v) is 2.27. The van der Waals surface area contributed by atoms with Gasteiger partial charge >= 0.3 is 5.97 Å². The van der Waals surface area contributed by atoms with Crippen molar-refractivity contribution in [2.45, 2.75) is 12.5 Å². The van der Waals surface area contributed by atoms with E-state index in [1.54, 1.807) is 24.3 Å². The highest BCUT2D eigenvalue weighted by Crippen LogP contribution is 2.32. The summed E-state index contributed by atoms with van der Waals surface area (Å²) in [6.07, 6.45) is -0.430. The first-order chi connectivity index (χ1) is 9.16. The molecule has 2 nitrogen and oxygen atoms in total. The number of ether oxygens (including phenoxy) is 1. The van der Waals surface area contributed by atoms with E-state index in [-0.39, 0.29) is 5.56 Å². The molecule has 0 fully saturated rings. The van der Waals surface area contributed by atoms with Gasteiger partial charge in [-0.15, -0.1) is 0 Å². The second-order valence-electron chi connectivity index (χ2n) is 4.40. The zero-order valence-corrected chi connectivity index (χ0v) is 9.90. The van der Waals surface area contributed by atoms with Crippen LogP contribution in [0.5, 0.6) is 0 Å². The van der Waals surface area contributed by atoms with Crippen LogP contribution in [0.15, 0.2) is 42.5 Å². The number of fused-ring (bicyclic) bond motifs is 1. The number of halogens is 2. The maximum atomic E-state index is 13.7. The predicted molar refractivity (Wildman–Crippen MR) is 64.7 cm³/mol. The first-order valence-electron chi connectivity index (χ1n) is 5.89. The monoisotopic (exact) mass is 260 g/mol. The lowest BCUT2D eigenvalue weighted by Gasteiger charge is -2.25. The van der Waals surface area contributed by atoms with Crippen molar-refractivity contribution in [3.8, 4) is 0 Å². The van der Waals surface area contributed by atoms with E-state index in [0.29, 0.717) is 12.0 Å². The third-order valence-corrected chi connectivity index (χ3v) is 3.22. The van der Waals surface area contributed by atoms with E-state index >= 15 is 0 Å². The highest BCUT2D eigenvalue weighted by Gasteiger charge is 2.29. The minimum atomic E-state index is -0.959. The zero-order chi connectivity index (χ0) is 13.4. The number of carbonyl (C=O) groups is 1. The molecule has 2 aromatic carbocycles. The van der Waals surface area contributed by atoms with E-state index in [0.717, 1.165) is 11.6 Å². The van der Waals surface area contributed by atoms with Crippen molar-refractivity contribution < 1.29 is 18.3 Å². The van der Waals surface area contributed by atoms with Crippen molar-refractivity contribution in [2.24, 2.45) is 0 Å². The SMILES string of the molecule is O=C1OC(c2cccc(F)c2F)Cc2ccccc21. The first kappa shape index (κ1) is 11.8. The van der Waals surface area contributed by atoms with Gasteiger partial charge in [-0.05, 0) is 17.7 Å². The number of hydrogen-bond acceptors (Lipinski definition) is 2. The lowest BCUT2D eigenvalue weighted by Crippen LogP contribution is -2.22. The maximum Gasteiger partial charge on any atom is 0.339 e. The summed E-state index contributed by atoms with van der Waals surface area (Å²) in [5.74, 6) is -2.40. The Hall–Kier alpha value is -2.23. The van der Waals surface area contributed by atoms with Crippen molar-refractivity contribution in [1.29, 1.82) is 0 Å². The van der Waals surface area contributed by atoms with Gasteiger partial charge in [0.05, 0.1) is 5.56 Å². The molecular formula is C15H10F2O2. The predicted octanol–water partition coefficient (Wildman–Crippen LogP) is 3.42. The summed E-state index contributed by atoms with van der Waals surface area (Å²) in [4.78, 5) is 11.8. The van der Waals surface area contributed by atoms with Crippen LogP contribution in [0.2, 0.25) is 0 Å². The topological polar surface area (TPSA) is 26.3 Å². The van der Waals surface area contributed by atoms with Crippen molar-refractivity contribution in [2.75, 3.05) is 0 Å². The highest BCUT2D eigenvalue weighted by molar-refractivity contribution is 5.92. The third-order valence-electron chi connectivity index (χ3n) is 3.22. The summed E-state index contributed by atoms with van der Waals surface area (Å²) in [5, 5.41) is 0. The molecule has 0 saturated carbocycles. The zero-order valence-electron chi connectivity index (χ0n) is 9.90. The Morgan fingerprint density at radius 3 is 2.68 bits per heavy atom. The summed E-state index contributed by atoms with van der Waals surface area (Å²) in [7, 11) is 0. The van der Waals surface area contributed by atoms with E-state index in [9.17, 15) is 13.6 Å². The van der Waals surface area contributed by atoms with Gasteiger partial charge < -0.3 is 4.74 Å². The number of carbonyl (C=O) groups excluding carboxylic acids is 1. The molecule has 1 unspecified atom stereocenters. The van der Waals surface area contributed by atoms with Crippen molar-refractivity contribution in [1.82, 2.24) is 0 Å². The molecule has 0 amide bonds. The fraction of sp³-hybridized carbons (Fsp3) is 0.133. The molecule has 96 valence electrons. The van der Waals surface area contributed by atoms with E-state index in [4.69, 9.17) is 4.74 Å². The van der Waals surface area contributed by atoms with Crippen LogP contribution in [-0.2, 0) is 11.2 Å². The molecule has 0 bridgehead atoms. The van der Waals surface area contributed by atoms with Crippen LogP contribution in [0.1, 0.15) is 27.6 Å². The number of rotatable bonds is 1. The van der Waals surface area contributed by atoms with Crippen molar-refractivity contribution >= 4 is 5.97 Å². The van der Waals surface area contributed by atoms with Crippen LogP contribution in [0.3, 0.4) is 0 Å². The van der Waals surface area contributed by atoms with Gasteiger partial charge in [0.25, 0.3) is 0 Å². The van der Waals surface area contributed by atoms with Gasteiger partial charge in [0.15, 0.2) is 11.6 Å². The minimum Gasteiger partial charge on any atom is -0.453 e. The Labute approximate surface area is 108 Å². The van der Waals surface area contributed by atoms with Crippen LogP contribution in [0, 0.1) is 11.6 Å². The summed E-state index contributed by atoms with van der Waals surface area (Å²) in [5.41, 5.74) is 1.34. The van der Waals surface area contributed by atoms with Gasteiger partial charge in [-0.3, -0.25) is 0 Å². The van der Waals surface area contributed by atoms with Gasteiger partial charge in [-0.2, -0.15) is 0 Å². The first-order valence-corrected chi connectivity index (χ1v) is 5.89. The smallest absolute Gasteiger partial charge is 0.339 e. The molecule has 0 N–H and O–H groups in total. The van der Waals surface area contributed by atoms with E-state index in [1.807, 2.05) is 0 Å². The molecule has 1 heterocycles. The quantitative estimate of drug-likeness (QED) is 0.734. The maximum absolute atomic E-state index is 13.7. The summed E-state index contributed by atoms with van der Waals surface area (Å²) < 4.78 is 32.1. The number of cyclic esters (lactones) is 1. The van der Waals surface area contributed by atoms with Crippen LogP contribution in [0.25, 0.3) is 0 Å². The molecule has 2 aromatic rings. The van der Waals surface area contributed by atoms with Crippen molar-refractivity contribution in [3.63, 3.8) is 0 Å². The van der Waals surface area contributed by atoms with Crippen LogP contribution < -0.4 is 0 Å². The van der Waals surface area contributed by atoms with Gasteiger partial charge in [0.1, 0.15) is 6.10 Å². The average Bonchev–Trinajstić information content (AvgIpc) is 2.42. The molecule has 0 radical (unpaired) electrons. The second-order valence-corrected chi connectivity index (χ2v) is 4.40. The van der Waals surface area contributed by atoms with Crippen LogP contribution in [0.4, 0.5) is 8.78 Å². The van der Waals surface area contributed by atoms with Crippen molar-refractivity contribution in [3.05, 3.63) is 70.8 Å². The highest BCUT2D eigenvalue weighted by atomic mass is 19.2. The Morgan fingerprint density at radius 2 is 1.84 bits per heavy atom. The lowest BCUT2D eigenvalue weighted by molar-refractivity contribution is 0.0243. The molecule has 0 aliphatic carbocycles. The van der Waals surface area contributed by atoms with Gasteiger partial charge in [-0.1, -0.05) is 30.3 Å². The van der Waals surface area contributed by atoms with E-state index in [1.165, 1.54) is 12.1 Å². The third kappa shape index (κ3) is 1.99. The average molecular weight is 260 g/mol. The standard InChI is InChI=1S/C15H10F2O2/c16-12-7-3-6-11(14(12)17)13-8-9-4-1-2-5-10(9)15(18)19-13/h1-7,13H,8H2. The molecule has 19 heavy (non-hydrogen) atoms. The molecule has 1 atom stereocenters. The lowest BCUT2D eigenvalue weighted by atomic mass is 9.94. The van der Waals surface area contributed by atoms with E-state index in [2.05, 4.69) is 0 Å². The largest absolute Gasteiger partial charge is 0.453 e. The Bertz CT molecular complexity index is 652. The molecule has 0 aromatic heterocycles. The van der Waals surface area contributed by atoms with E-state index < -0.39 is 23.7 Å². The van der Waals surface area contributed by atoms with Gasteiger partial charge in [0, 0.05) is 12.0 Å². The van der Waals surface area contributed by atoms with Crippen LogP contribution in [-0.4, -0.2) is 5.97 Å². The molecule has 0 saturated heterocycles. The number of benzene rings is 2. The molecule has 1 aliphatic rings. The second kappa shape index (κ2) is 4.46. The number of esters is 1. The molecular weight excluding hydrogens is 250 g/mol. The Balaban J connectivity index is 2.02. The molecule has 1 aliphatic heterocycles. The summed E-state index contributed by atoms with van der Waals surface area (Å²) in [6, 6.07) is 10.9. The van der Waals surface area contributed by atoms with Gasteiger partial charge in [0.2, 0.25) is 0 Å². The van der Waals surface area contributed by atoms with Crippen LogP contribution >= 0.6 is 0 Å². The normalized spacial score (nSPS) is 17.8. The molecule has 3 rings (SSSR count). The van der Waals surface area contributed by atoms with Gasteiger partial charge in [-0.25, -0.2) is 13.6 Å². The summed E-state index contributed by atoms with van der Waals surface area (Å²) in [6.45, 7) is 0. The fourth-order valence-electron chi connectivity index (χ4n) is 2.27. The number of hydrogen-bond donors (Lipinski definition) is 0. The summed E-state index contributed by atoms with van der Waals surface area (Å²) >= 11 is 0. The minimum absolute atomic E-state index is 0.0721.